The number of piperazine rings is 1. The molecule has 2 aliphatic rings. The van der Waals surface area contributed by atoms with Crippen molar-refractivity contribution < 1.29 is 14.4 Å². The Balaban J connectivity index is 1.32. The lowest BCUT2D eigenvalue weighted by Gasteiger charge is -2.35. The molecule has 146 valence electrons. The van der Waals surface area contributed by atoms with Gasteiger partial charge in [-0.2, -0.15) is 0 Å². The van der Waals surface area contributed by atoms with Gasteiger partial charge in [-0.3, -0.25) is 9.59 Å². The van der Waals surface area contributed by atoms with Crippen LogP contribution in [0, 0.1) is 0 Å². The van der Waals surface area contributed by atoms with Gasteiger partial charge in [0.15, 0.2) is 0 Å². The molecule has 0 radical (unpaired) electrons. The van der Waals surface area contributed by atoms with E-state index in [2.05, 4.69) is 5.32 Å². The predicted molar refractivity (Wildman–Crippen MR) is 107 cm³/mol. The highest BCUT2D eigenvalue weighted by molar-refractivity contribution is 6.01. The first-order chi connectivity index (χ1) is 13.6. The normalized spacial score (nSPS) is 17.3. The van der Waals surface area contributed by atoms with Crippen LogP contribution in [0.25, 0.3) is 10.8 Å². The molecule has 2 aromatic rings. The van der Waals surface area contributed by atoms with Crippen LogP contribution in [0.1, 0.15) is 12.8 Å². The zero-order valence-electron chi connectivity index (χ0n) is 15.8. The number of nitrogens with zero attached hydrogens (tertiary/aromatic N) is 3. The Kier molecular flexibility index (Phi) is 5.14. The van der Waals surface area contributed by atoms with Crippen LogP contribution >= 0.6 is 0 Å². The first-order valence-corrected chi connectivity index (χ1v) is 9.71. The molecule has 2 aliphatic heterocycles. The van der Waals surface area contributed by atoms with Crippen molar-refractivity contribution in [1.82, 2.24) is 14.7 Å². The highest BCUT2D eigenvalue weighted by atomic mass is 16.2. The summed E-state index contributed by atoms with van der Waals surface area (Å²) < 4.78 is 0. The number of rotatable bonds is 3. The quantitative estimate of drug-likeness (QED) is 0.887. The van der Waals surface area contributed by atoms with Crippen molar-refractivity contribution in [2.24, 2.45) is 0 Å². The molecule has 7 nitrogen and oxygen atoms in total. The smallest absolute Gasteiger partial charge is 0.321 e. The molecule has 0 aliphatic carbocycles. The number of carbonyl (C=O) groups excluding carboxylic acids is 3. The lowest BCUT2D eigenvalue weighted by Crippen LogP contribution is -2.53. The number of hydrogen-bond donors (Lipinski definition) is 1. The van der Waals surface area contributed by atoms with Crippen LogP contribution in [0.4, 0.5) is 10.5 Å². The van der Waals surface area contributed by atoms with Crippen LogP contribution in [0.5, 0.6) is 0 Å². The Hall–Kier alpha value is -3.09. The van der Waals surface area contributed by atoms with Crippen LogP contribution in [0.3, 0.4) is 0 Å². The maximum absolute atomic E-state index is 12.7. The number of hydrogen-bond acceptors (Lipinski definition) is 3. The van der Waals surface area contributed by atoms with Crippen LogP contribution in [-0.2, 0) is 9.59 Å². The summed E-state index contributed by atoms with van der Waals surface area (Å²) in [4.78, 5) is 41.9. The number of fused-ring (bicyclic) bond motifs is 1. The topological polar surface area (TPSA) is 73.0 Å². The van der Waals surface area contributed by atoms with E-state index >= 15 is 0 Å². The van der Waals surface area contributed by atoms with E-state index in [1.54, 1.807) is 14.7 Å². The Morgan fingerprint density at radius 2 is 1.61 bits per heavy atom. The van der Waals surface area contributed by atoms with E-state index in [0.717, 1.165) is 22.9 Å². The number of likely N-dealkylation sites (tertiary alicyclic amines) is 1. The highest BCUT2D eigenvalue weighted by Gasteiger charge is 2.28. The second-order valence-corrected chi connectivity index (χ2v) is 7.24. The largest absolute Gasteiger partial charge is 0.338 e. The second kappa shape index (κ2) is 7.88. The zero-order valence-corrected chi connectivity index (χ0v) is 15.8. The van der Waals surface area contributed by atoms with Crippen LogP contribution in [-0.4, -0.2) is 71.8 Å². The van der Waals surface area contributed by atoms with E-state index in [1.807, 2.05) is 42.5 Å². The van der Waals surface area contributed by atoms with Crippen molar-refractivity contribution in [2.45, 2.75) is 12.8 Å². The first kappa shape index (κ1) is 18.3. The summed E-state index contributed by atoms with van der Waals surface area (Å²) in [6.07, 6.45) is 1.36. The third-order valence-corrected chi connectivity index (χ3v) is 5.45. The molecule has 2 fully saturated rings. The first-order valence-electron chi connectivity index (χ1n) is 9.71. The van der Waals surface area contributed by atoms with Gasteiger partial charge in [0.25, 0.3) is 0 Å². The SMILES string of the molecule is O=C(CN1CCCC1=O)N1CCN(C(=O)Nc2cccc3ccccc23)CC1. The molecule has 2 saturated heterocycles. The molecular formula is C21H24N4O3. The summed E-state index contributed by atoms with van der Waals surface area (Å²) >= 11 is 0. The van der Waals surface area contributed by atoms with E-state index in [9.17, 15) is 14.4 Å². The summed E-state index contributed by atoms with van der Waals surface area (Å²) in [5.41, 5.74) is 0.786. The maximum atomic E-state index is 12.7. The molecule has 7 heteroatoms. The summed E-state index contributed by atoms with van der Waals surface area (Å²) in [7, 11) is 0. The number of amides is 4. The Morgan fingerprint density at radius 1 is 0.893 bits per heavy atom. The van der Waals surface area contributed by atoms with Gasteiger partial charge in [0, 0.05) is 44.5 Å². The van der Waals surface area contributed by atoms with Crippen LogP contribution in [0.2, 0.25) is 0 Å². The summed E-state index contributed by atoms with van der Waals surface area (Å²) in [5.74, 6) is 0.0193. The molecule has 0 unspecified atom stereocenters. The Morgan fingerprint density at radius 3 is 2.36 bits per heavy atom. The number of benzene rings is 2. The monoisotopic (exact) mass is 380 g/mol. The fraction of sp³-hybridized carbons (Fsp3) is 0.381. The second-order valence-electron chi connectivity index (χ2n) is 7.24. The van der Waals surface area contributed by atoms with Crippen molar-refractivity contribution in [1.29, 1.82) is 0 Å². The number of nitrogens with one attached hydrogen (secondary N) is 1. The number of carbonyl (C=O) groups is 3. The van der Waals surface area contributed by atoms with Gasteiger partial charge in [-0.1, -0.05) is 36.4 Å². The molecule has 0 saturated carbocycles. The molecule has 0 bridgehead atoms. The molecule has 4 amide bonds. The summed E-state index contributed by atoms with van der Waals surface area (Å²) in [5, 5.41) is 5.07. The van der Waals surface area contributed by atoms with Gasteiger partial charge in [-0.25, -0.2) is 4.79 Å². The number of urea groups is 1. The minimum atomic E-state index is -0.154. The van der Waals surface area contributed by atoms with Crippen molar-refractivity contribution in [3.63, 3.8) is 0 Å². The molecular weight excluding hydrogens is 356 g/mol. The lowest BCUT2D eigenvalue weighted by atomic mass is 10.1. The van der Waals surface area contributed by atoms with Crippen molar-refractivity contribution in [3.8, 4) is 0 Å². The minimum Gasteiger partial charge on any atom is -0.338 e. The molecule has 2 aromatic carbocycles. The van der Waals surface area contributed by atoms with Gasteiger partial charge in [-0.05, 0) is 17.9 Å². The average molecular weight is 380 g/mol. The fourth-order valence-electron chi connectivity index (χ4n) is 3.82. The molecule has 28 heavy (non-hydrogen) atoms. The van der Waals surface area contributed by atoms with E-state index in [1.165, 1.54) is 0 Å². The molecule has 0 atom stereocenters. The summed E-state index contributed by atoms with van der Waals surface area (Å²) in [6, 6.07) is 13.6. The van der Waals surface area contributed by atoms with Crippen LogP contribution in [0.15, 0.2) is 42.5 Å². The standard InChI is InChI=1S/C21H24N4O3/c26-19-9-4-10-25(19)15-20(27)23-11-13-24(14-12-23)21(28)22-18-8-3-6-16-5-1-2-7-17(16)18/h1-3,5-8H,4,9-15H2,(H,22,28). The van der Waals surface area contributed by atoms with E-state index < -0.39 is 0 Å². The van der Waals surface area contributed by atoms with Gasteiger partial charge in [-0.15, -0.1) is 0 Å². The Labute approximate surface area is 163 Å². The molecule has 0 spiro atoms. The zero-order chi connectivity index (χ0) is 19.5. The highest BCUT2D eigenvalue weighted by Crippen LogP contribution is 2.23. The average Bonchev–Trinajstić information content (AvgIpc) is 3.13. The minimum absolute atomic E-state index is 0.0376. The van der Waals surface area contributed by atoms with Gasteiger partial charge in [0.05, 0.1) is 12.2 Å². The predicted octanol–water partition coefficient (Wildman–Crippen LogP) is 2.14. The summed E-state index contributed by atoms with van der Waals surface area (Å²) in [6.45, 7) is 2.76. The maximum Gasteiger partial charge on any atom is 0.321 e. The van der Waals surface area contributed by atoms with Gasteiger partial charge < -0.3 is 20.0 Å². The molecule has 0 aromatic heterocycles. The van der Waals surface area contributed by atoms with E-state index in [4.69, 9.17) is 0 Å². The number of anilines is 1. The van der Waals surface area contributed by atoms with Gasteiger partial charge in [0.1, 0.15) is 0 Å². The van der Waals surface area contributed by atoms with Crippen molar-refractivity contribution in [3.05, 3.63) is 42.5 Å². The molecule has 4 rings (SSSR count). The Bertz CT molecular complexity index is 900. The third-order valence-electron chi connectivity index (χ3n) is 5.45. The van der Waals surface area contributed by atoms with Gasteiger partial charge in [0.2, 0.25) is 11.8 Å². The third kappa shape index (κ3) is 3.78. The van der Waals surface area contributed by atoms with Crippen molar-refractivity contribution in [2.75, 3.05) is 44.6 Å². The fourth-order valence-corrected chi connectivity index (χ4v) is 3.82. The molecule has 1 N–H and O–H groups in total. The molecule has 2 heterocycles. The lowest BCUT2D eigenvalue weighted by molar-refractivity contribution is -0.139. The van der Waals surface area contributed by atoms with E-state index in [0.29, 0.717) is 39.1 Å². The van der Waals surface area contributed by atoms with Gasteiger partial charge >= 0.3 is 6.03 Å². The van der Waals surface area contributed by atoms with Crippen LogP contribution < -0.4 is 5.32 Å². The van der Waals surface area contributed by atoms with E-state index in [-0.39, 0.29) is 24.4 Å². The van der Waals surface area contributed by atoms with Crippen molar-refractivity contribution >= 4 is 34.3 Å².